The molecule has 4 rings (SSSR count). The maximum absolute atomic E-state index is 12.9. The fourth-order valence-electron chi connectivity index (χ4n) is 7.68. The van der Waals surface area contributed by atoms with Crippen molar-refractivity contribution in [2.24, 2.45) is 0 Å². The summed E-state index contributed by atoms with van der Waals surface area (Å²) in [5.74, 6) is -2.95. The third-order valence-corrected chi connectivity index (χ3v) is 11.9. The molecule has 410 valence electrons. The van der Waals surface area contributed by atoms with Gasteiger partial charge in [0.15, 0.2) is 25.2 Å². The number of hydrogen-bond acceptors (Lipinski definition) is 26. The zero-order chi connectivity index (χ0) is 52.7. The van der Waals surface area contributed by atoms with Crippen molar-refractivity contribution in [1.82, 2.24) is 21.3 Å². The van der Waals surface area contributed by atoms with E-state index in [9.17, 15) is 90.4 Å². The molecule has 71 heavy (non-hydrogen) atoms. The van der Waals surface area contributed by atoms with Crippen molar-refractivity contribution in [3.8, 4) is 0 Å². The zero-order valence-electron chi connectivity index (χ0n) is 38.9. The van der Waals surface area contributed by atoms with E-state index in [0.29, 0.717) is 0 Å². The molecule has 0 bridgehead atoms. The van der Waals surface area contributed by atoms with Crippen molar-refractivity contribution in [3.05, 3.63) is 0 Å². The molecule has 0 aromatic carbocycles. The Labute approximate surface area is 406 Å². The van der Waals surface area contributed by atoms with Crippen LogP contribution in [0.25, 0.3) is 0 Å². The van der Waals surface area contributed by atoms with Crippen LogP contribution in [0.15, 0.2) is 0 Å². The summed E-state index contributed by atoms with van der Waals surface area (Å²) < 4.78 is 43.9. The summed E-state index contributed by atoms with van der Waals surface area (Å²) in [6, 6.07) is -1.30. The largest absolute Gasteiger partial charge is 0.394 e. The zero-order valence-corrected chi connectivity index (χ0v) is 38.9. The highest BCUT2D eigenvalue weighted by Gasteiger charge is 2.52. The maximum Gasteiger partial charge on any atom is 0.242 e. The van der Waals surface area contributed by atoms with E-state index in [1.54, 1.807) is 0 Å². The first kappa shape index (κ1) is 60.3. The Kier molecular flexibility index (Phi) is 24.6. The lowest BCUT2D eigenvalue weighted by Gasteiger charge is -2.46. The van der Waals surface area contributed by atoms with Crippen LogP contribution in [0.1, 0.15) is 46.0 Å². The molecule has 0 aliphatic carbocycles. The van der Waals surface area contributed by atoms with E-state index >= 15 is 0 Å². The predicted octanol–water partition coefficient (Wildman–Crippen LogP) is -10.3. The van der Waals surface area contributed by atoms with Gasteiger partial charge in [-0.25, -0.2) is 0 Å². The van der Waals surface area contributed by atoms with Gasteiger partial charge in [-0.2, -0.15) is 0 Å². The summed E-state index contributed by atoms with van der Waals surface area (Å²) in [5.41, 5.74) is 0. The highest BCUT2D eigenvalue weighted by molar-refractivity contribution is 5.91. The Balaban J connectivity index is 1.27. The molecule has 0 unspecified atom stereocenters. The molecule has 21 atom stereocenters. The van der Waals surface area contributed by atoms with E-state index in [0.717, 1.165) is 0 Å². The highest BCUT2D eigenvalue weighted by atomic mass is 16.8. The molecule has 0 radical (unpaired) electrons. The van der Waals surface area contributed by atoms with E-state index in [1.165, 1.54) is 13.8 Å². The third kappa shape index (κ3) is 17.1. The minimum Gasteiger partial charge on any atom is -0.394 e. The van der Waals surface area contributed by atoms with Crippen LogP contribution in [0.2, 0.25) is 0 Å². The first-order valence-electron chi connectivity index (χ1n) is 23.0. The van der Waals surface area contributed by atoms with E-state index in [2.05, 4.69) is 21.3 Å². The van der Waals surface area contributed by atoms with Crippen LogP contribution in [-0.2, 0) is 61.9 Å². The molecule has 0 aromatic rings. The second kappa shape index (κ2) is 29.0. The lowest BCUT2D eigenvalue weighted by molar-refractivity contribution is -0.366. The Morgan fingerprint density at radius 2 is 1.00 bits per heavy atom. The molecule has 4 fully saturated rings. The minimum absolute atomic E-state index is 0.0192. The van der Waals surface area contributed by atoms with Gasteiger partial charge in [0.2, 0.25) is 23.6 Å². The van der Waals surface area contributed by atoms with Gasteiger partial charge in [-0.05, 0) is 26.7 Å². The number of ether oxygens (including phenoxy) is 8. The topological polar surface area (TPSA) is 470 Å². The van der Waals surface area contributed by atoms with Crippen molar-refractivity contribution < 1.29 is 128 Å². The molecular formula is C41H70N4O26. The average Bonchev–Trinajstić information content (AvgIpc) is 3.34. The van der Waals surface area contributed by atoms with Crippen LogP contribution in [-0.4, -0.2) is 277 Å². The van der Waals surface area contributed by atoms with E-state index in [4.69, 9.17) is 37.9 Å². The van der Waals surface area contributed by atoms with E-state index in [1.807, 2.05) is 0 Å². The standard InChI is InChI=1S/C41H70N4O26/c1-16(48)12-44-37(63)18(45-24(51)5-3-4-22(49)42-8-10-64-38-32(59)29(56)25(52)17(2)67-38)6-7-23(50)43-9-11-65-40-35(62)36(71-41-34(61)31(58)27(54)20(14-47)69-41)28(55)21(70-40)15-66-39-33(60)30(57)26(53)19(13-46)68-39/h17-21,25-36,38-41,46-47,52-62H,3-15H2,1-2H3,(H,42,49)(H,43,50)(H,44,63)(H,45,51)/t17-,18-,19+,20+,21+,25+,26+,27+,28+,29+,30-,31-,32-,33-,34-,35-,36-,38+,39-,40-,41+/m0/s1. The van der Waals surface area contributed by atoms with E-state index < -0.39 is 185 Å². The third-order valence-electron chi connectivity index (χ3n) is 11.9. The number of carbonyl (C=O) groups is 5. The SMILES string of the molecule is CC(=O)CNC(=O)[C@H](CCC(=O)NCCO[C@H]1O[C@H](CO[C@H]2O[C@H](CO)[C@@H](O)[C@H](O)[C@@H]2O)[C@@H](O)[C@H](O[C@H]2O[C@H](CO)[C@@H](O)[C@H](O)[C@@H]2O)[C@@H]1O)NC(=O)CCCC(=O)NCCO[C@@H]1O[C@@H](C)[C@@H](O)[C@@H](O)[C@@H]1O. The fraction of sp³-hybridized carbons (Fsp3) is 0.878. The van der Waals surface area contributed by atoms with Gasteiger partial charge in [0.1, 0.15) is 103 Å². The quantitative estimate of drug-likeness (QED) is 0.0358. The molecule has 0 spiro atoms. The molecule has 4 aliphatic heterocycles. The molecular weight excluding hydrogens is 964 g/mol. The van der Waals surface area contributed by atoms with Gasteiger partial charge < -0.3 is 126 Å². The number of carbonyl (C=O) groups excluding carboxylic acids is 5. The van der Waals surface area contributed by atoms with Gasteiger partial charge in [0, 0.05) is 32.4 Å². The van der Waals surface area contributed by atoms with Crippen molar-refractivity contribution >= 4 is 29.4 Å². The normalized spacial score (nSPS) is 37.9. The first-order chi connectivity index (χ1) is 33.6. The average molecular weight is 1040 g/mol. The number of aliphatic hydroxyl groups excluding tert-OH is 13. The summed E-state index contributed by atoms with van der Waals surface area (Å²) in [6.45, 7) is -0.832. The summed E-state index contributed by atoms with van der Waals surface area (Å²) in [5, 5.41) is 143. The Hall–Kier alpha value is -3.29. The van der Waals surface area contributed by atoms with Gasteiger partial charge in [0.05, 0.1) is 45.7 Å². The van der Waals surface area contributed by atoms with Crippen molar-refractivity contribution in [3.63, 3.8) is 0 Å². The lowest BCUT2D eigenvalue weighted by atomic mass is 9.96. The van der Waals surface area contributed by atoms with Crippen LogP contribution in [0, 0.1) is 0 Å². The number of aliphatic hydroxyl groups is 13. The molecule has 4 heterocycles. The molecule has 4 saturated heterocycles. The number of Topliss-reactive ketones (excluding diaryl/α,β-unsaturated/α-hetero) is 1. The number of nitrogens with one attached hydrogen (secondary N) is 4. The van der Waals surface area contributed by atoms with Crippen molar-refractivity contribution in [1.29, 1.82) is 0 Å². The monoisotopic (exact) mass is 1030 g/mol. The molecule has 30 nitrogen and oxygen atoms in total. The van der Waals surface area contributed by atoms with Crippen LogP contribution in [0.5, 0.6) is 0 Å². The van der Waals surface area contributed by atoms with Crippen molar-refractivity contribution in [2.75, 3.05) is 52.7 Å². The summed E-state index contributed by atoms with van der Waals surface area (Å²) in [7, 11) is 0. The van der Waals surface area contributed by atoms with Crippen LogP contribution < -0.4 is 21.3 Å². The Morgan fingerprint density at radius 3 is 1.56 bits per heavy atom. The minimum atomic E-state index is -1.97. The molecule has 30 heteroatoms. The smallest absolute Gasteiger partial charge is 0.242 e. The van der Waals surface area contributed by atoms with Gasteiger partial charge in [-0.3, -0.25) is 24.0 Å². The van der Waals surface area contributed by atoms with Gasteiger partial charge in [-0.15, -0.1) is 0 Å². The first-order valence-corrected chi connectivity index (χ1v) is 23.0. The van der Waals surface area contributed by atoms with Crippen LogP contribution in [0.3, 0.4) is 0 Å². The van der Waals surface area contributed by atoms with Gasteiger partial charge in [-0.1, -0.05) is 0 Å². The van der Waals surface area contributed by atoms with Crippen LogP contribution >= 0.6 is 0 Å². The lowest BCUT2D eigenvalue weighted by Crippen LogP contribution is -2.65. The van der Waals surface area contributed by atoms with Crippen LogP contribution in [0.4, 0.5) is 0 Å². The highest BCUT2D eigenvalue weighted by Crippen LogP contribution is 2.31. The van der Waals surface area contributed by atoms with Crippen molar-refractivity contribution in [2.45, 2.75) is 175 Å². The predicted molar refractivity (Wildman–Crippen MR) is 228 cm³/mol. The molecule has 0 saturated carbocycles. The molecule has 0 aromatic heterocycles. The number of hydrogen-bond donors (Lipinski definition) is 17. The Bertz CT molecular complexity index is 1690. The number of amides is 4. The second-order valence-electron chi connectivity index (χ2n) is 17.4. The number of ketones is 1. The van der Waals surface area contributed by atoms with Gasteiger partial charge in [0.25, 0.3) is 0 Å². The summed E-state index contributed by atoms with van der Waals surface area (Å²) in [6.07, 6.45) is -33.7. The second-order valence-corrected chi connectivity index (χ2v) is 17.4. The maximum atomic E-state index is 12.9. The summed E-state index contributed by atoms with van der Waals surface area (Å²) in [4.78, 5) is 62.5. The molecule has 4 amide bonds. The molecule has 4 aliphatic rings. The van der Waals surface area contributed by atoms with E-state index in [-0.39, 0.29) is 58.3 Å². The fourth-order valence-corrected chi connectivity index (χ4v) is 7.68. The molecule has 17 N–H and O–H groups in total. The number of rotatable bonds is 26. The van der Waals surface area contributed by atoms with Gasteiger partial charge >= 0.3 is 0 Å². The summed E-state index contributed by atoms with van der Waals surface area (Å²) >= 11 is 0. The Morgan fingerprint density at radius 1 is 0.521 bits per heavy atom.